The van der Waals surface area contributed by atoms with Crippen LogP contribution in [0.1, 0.15) is 27.3 Å². The molecule has 1 fully saturated rings. The highest BCUT2D eigenvalue weighted by atomic mass is 32.1. The number of piperazine rings is 1. The molecule has 0 bridgehead atoms. The quantitative estimate of drug-likeness (QED) is 0.477. The number of benzene rings is 2. The molecule has 7 nitrogen and oxygen atoms in total. The minimum Gasteiger partial charge on any atom is -0.395 e. The van der Waals surface area contributed by atoms with Crippen LogP contribution in [0, 0.1) is 6.92 Å². The molecule has 0 saturated carbocycles. The molecule has 39 heavy (non-hydrogen) atoms. The van der Waals surface area contributed by atoms with Gasteiger partial charge in [0.1, 0.15) is 9.88 Å². The molecule has 0 aliphatic carbocycles. The van der Waals surface area contributed by atoms with Gasteiger partial charge in [-0.05, 0) is 13.0 Å². The predicted molar refractivity (Wildman–Crippen MR) is 148 cm³/mol. The van der Waals surface area contributed by atoms with E-state index in [2.05, 4.69) is 4.98 Å². The maximum atomic E-state index is 15.6. The van der Waals surface area contributed by atoms with Crippen molar-refractivity contribution < 1.29 is 23.5 Å². The number of carbonyl (C=O) groups excluding carboxylic acids is 2. The van der Waals surface area contributed by atoms with E-state index in [9.17, 15) is 9.59 Å². The first-order chi connectivity index (χ1) is 18.8. The smallest absolute Gasteiger partial charge is 0.275 e. The van der Waals surface area contributed by atoms with Crippen molar-refractivity contribution in [1.29, 1.82) is 0 Å². The molecule has 10 heteroatoms. The molecule has 0 unspecified atom stereocenters. The van der Waals surface area contributed by atoms with Crippen LogP contribution in [0.4, 0.5) is 14.5 Å². The second-order valence-corrected chi connectivity index (χ2v) is 10.7. The number of aliphatic hydroxyl groups excluding tert-OH is 1. The number of aryl methyl sites for hydroxylation is 1. The van der Waals surface area contributed by atoms with Crippen molar-refractivity contribution >= 4 is 34.4 Å². The Hall–Kier alpha value is -3.47. The zero-order valence-electron chi connectivity index (χ0n) is 21.6. The van der Waals surface area contributed by atoms with Crippen LogP contribution in [-0.2, 0) is 4.79 Å². The summed E-state index contributed by atoms with van der Waals surface area (Å²) in [6.07, 6.45) is 0.431. The summed E-state index contributed by atoms with van der Waals surface area (Å²) >= 11 is 1.24. The van der Waals surface area contributed by atoms with Gasteiger partial charge in [-0.15, -0.1) is 11.3 Å². The summed E-state index contributed by atoms with van der Waals surface area (Å²) in [5.41, 5.74) is 1.57. The molecule has 0 radical (unpaired) electrons. The number of nitrogens with zero attached hydrogens (tertiary/aromatic N) is 4. The highest BCUT2D eigenvalue weighted by Gasteiger charge is 2.42. The van der Waals surface area contributed by atoms with E-state index in [1.807, 2.05) is 35.2 Å². The van der Waals surface area contributed by atoms with Crippen LogP contribution in [0.15, 0.2) is 60.7 Å². The summed E-state index contributed by atoms with van der Waals surface area (Å²) in [7, 11) is 0. The largest absolute Gasteiger partial charge is 0.395 e. The molecule has 0 spiro atoms. The maximum Gasteiger partial charge on any atom is 0.275 e. The van der Waals surface area contributed by atoms with Gasteiger partial charge in [-0.3, -0.25) is 14.5 Å². The second kappa shape index (κ2) is 11.3. The number of hydrogen-bond donors (Lipinski definition) is 1. The fraction of sp³-hybridized carbons (Fsp3) is 0.345. The highest BCUT2D eigenvalue weighted by molar-refractivity contribution is 7.17. The molecule has 2 aromatic carbocycles. The van der Waals surface area contributed by atoms with Crippen LogP contribution in [0.5, 0.6) is 0 Å². The number of allylic oxidation sites excluding steroid dienone is 1. The summed E-state index contributed by atoms with van der Waals surface area (Å²) in [4.78, 5) is 36.8. The zero-order valence-corrected chi connectivity index (χ0v) is 22.5. The minimum atomic E-state index is -3.31. The molecule has 5 rings (SSSR count). The number of halogens is 2. The zero-order chi connectivity index (χ0) is 27.6. The summed E-state index contributed by atoms with van der Waals surface area (Å²) in [6, 6.07) is 16.0. The van der Waals surface area contributed by atoms with E-state index < -0.39 is 18.3 Å². The number of para-hydroxylation sites is 1. The Kier molecular flexibility index (Phi) is 7.88. The highest BCUT2D eigenvalue weighted by Crippen LogP contribution is 2.44. The van der Waals surface area contributed by atoms with Crippen LogP contribution in [0.2, 0.25) is 0 Å². The summed E-state index contributed by atoms with van der Waals surface area (Å²) < 4.78 is 31.2. The van der Waals surface area contributed by atoms with Gasteiger partial charge in [0.15, 0.2) is 0 Å². The van der Waals surface area contributed by atoms with Crippen molar-refractivity contribution in [2.75, 3.05) is 50.8 Å². The van der Waals surface area contributed by atoms with E-state index in [1.54, 1.807) is 36.1 Å². The number of β-amino-alcohol motifs (C(OH)–C–C–N with tert-alkyl or cyclic N) is 1. The van der Waals surface area contributed by atoms with Gasteiger partial charge in [0.25, 0.3) is 11.8 Å². The number of carbonyl (C=O) groups is 2. The molecule has 2 aliphatic heterocycles. The molecule has 2 amide bonds. The molecule has 3 heterocycles. The van der Waals surface area contributed by atoms with Crippen molar-refractivity contribution in [3.8, 4) is 10.6 Å². The Morgan fingerprint density at radius 2 is 1.72 bits per heavy atom. The second-order valence-electron chi connectivity index (χ2n) is 9.68. The summed E-state index contributed by atoms with van der Waals surface area (Å²) in [5.74, 6) is -4.17. The number of rotatable bonds is 5. The fourth-order valence-corrected chi connectivity index (χ4v) is 6.03. The first-order valence-electron chi connectivity index (χ1n) is 12.9. The third-order valence-corrected chi connectivity index (χ3v) is 8.35. The van der Waals surface area contributed by atoms with Crippen LogP contribution >= 0.6 is 11.3 Å². The SMILES string of the molecule is Cc1nc(-c2ccccc2)sc1C(=O)N1CCC(F)(F)C(=CC(=O)N2CCN(CCO)CC2)c2ccccc21. The Morgan fingerprint density at radius 1 is 1.03 bits per heavy atom. The third-order valence-electron chi connectivity index (χ3n) is 7.15. The molecular weight excluding hydrogens is 522 g/mol. The van der Waals surface area contributed by atoms with E-state index in [-0.39, 0.29) is 30.2 Å². The molecule has 3 aromatic rings. The van der Waals surface area contributed by atoms with E-state index in [0.717, 1.165) is 11.6 Å². The molecule has 1 N–H and O–H groups in total. The average molecular weight is 553 g/mol. The number of aromatic nitrogens is 1. The molecule has 204 valence electrons. The van der Waals surface area contributed by atoms with Gasteiger partial charge in [0.2, 0.25) is 5.91 Å². The number of hydrogen-bond acceptors (Lipinski definition) is 6. The van der Waals surface area contributed by atoms with Gasteiger partial charge in [-0.2, -0.15) is 0 Å². The van der Waals surface area contributed by atoms with Crippen LogP contribution < -0.4 is 4.90 Å². The third kappa shape index (κ3) is 5.63. The lowest BCUT2D eigenvalue weighted by atomic mass is 9.96. The molecular formula is C29H30F2N4O3S. The van der Waals surface area contributed by atoms with E-state index in [1.165, 1.54) is 16.2 Å². The Morgan fingerprint density at radius 3 is 2.44 bits per heavy atom. The van der Waals surface area contributed by atoms with Gasteiger partial charge >= 0.3 is 0 Å². The normalized spacial score (nSPS) is 18.6. The number of amides is 2. The van der Waals surface area contributed by atoms with Crippen molar-refractivity contribution in [1.82, 2.24) is 14.8 Å². The van der Waals surface area contributed by atoms with Crippen LogP contribution in [0.25, 0.3) is 16.1 Å². The predicted octanol–water partition coefficient (Wildman–Crippen LogP) is 4.32. The molecule has 1 saturated heterocycles. The lowest BCUT2D eigenvalue weighted by Crippen LogP contribution is -2.49. The Labute approximate surface area is 230 Å². The summed E-state index contributed by atoms with van der Waals surface area (Å²) in [5, 5.41) is 9.83. The Balaban J connectivity index is 1.46. The minimum absolute atomic E-state index is 0.0326. The van der Waals surface area contributed by atoms with Crippen molar-refractivity contribution in [2.45, 2.75) is 19.3 Å². The van der Waals surface area contributed by atoms with Crippen molar-refractivity contribution in [3.63, 3.8) is 0 Å². The standard InChI is InChI=1S/C29H30F2N4O3S/c1-20-26(39-27(32-20)21-7-3-2-4-8-21)28(38)35-12-11-29(30,31)23(22-9-5-6-10-24(22)35)19-25(37)34-15-13-33(14-16-34)17-18-36/h2-10,19,36H,11-18H2,1H3. The van der Waals surface area contributed by atoms with E-state index in [4.69, 9.17) is 5.11 Å². The molecule has 1 aromatic heterocycles. The monoisotopic (exact) mass is 552 g/mol. The lowest BCUT2D eigenvalue weighted by molar-refractivity contribution is -0.127. The van der Waals surface area contributed by atoms with Gasteiger partial charge in [0, 0.05) is 68.5 Å². The first-order valence-corrected chi connectivity index (χ1v) is 13.8. The maximum absolute atomic E-state index is 15.6. The van der Waals surface area contributed by atoms with Gasteiger partial charge in [-0.1, -0.05) is 48.5 Å². The number of anilines is 1. The van der Waals surface area contributed by atoms with Gasteiger partial charge in [-0.25, -0.2) is 13.8 Å². The number of aliphatic hydroxyl groups is 1. The van der Waals surface area contributed by atoms with Gasteiger partial charge in [0.05, 0.1) is 18.0 Å². The Bertz CT molecular complexity index is 1380. The van der Waals surface area contributed by atoms with E-state index in [0.29, 0.717) is 54.0 Å². The topological polar surface area (TPSA) is 77.0 Å². The van der Waals surface area contributed by atoms with Crippen LogP contribution in [-0.4, -0.2) is 83.5 Å². The average Bonchev–Trinajstić information content (AvgIpc) is 3.29. The molecule has 0 atom stereocenters. The number of thiazole rings is 1. The van der Waals surface area contributed by atoms with Crippen LogP contribution in [0.3, 0.4) is 0 Å². The fourth-order valence-electron chi connectivity index (χ4n) is 5.01. The lowest BCUT2D eigenvalue weighted by Gasteiger charge is -2.34. The molecule has 2 aliphatic rings. The number of fused-ring (bicyclic) bond motifs is 1. The van der Waals surface area contributed by atoms with Gasteiger partial charge < -0.3 is 14.9 Å². The first kappa shape index (κ1) is 27.1. The van der Waals surface area contributed by atoms with Crippen molar-refractivity contribution in [2.24, 2.45) is 0 Å². The summed E-state index contributed by atoms with van der Waals surface area (Å²) in [6.45, 7) is 4.04. The van der Waals surface area contributed by atoms with E-state index >= 15 is 8.78 Å². The number of alkyl halides is 2. The van der Waals surface area contributed by atoms with Crippen molar-refractivity contribution in [3.05, 3.63) is 76.8 Å².